The Labute approximate surface area is 215 Å². The molecule has 1 atom stereocenters. The van der Waals surface area contributed by atoms with Crippen LogP contribution in [0.1, 0.15) is 46.8 Å². The molecule has 5 rings (SSSR count). The summed E-state index contributed by atoms with van der Waals surface area (Å²) < 4.78 is 0. The van der Waals surface area contributed by atoms with Gasteiger partial charge in [0.15, 0.2) is 5.13 Å². The van der Waals surface area contributed by atoms with Crippen LogP contribution in [-0.2, 0) is 13.0 Å². The van der Waals surface area contributed by atoms with Gasteiger partial charge in [0, 0.05) is 56.7 Å². The number of hydrogen-bond donors (Lipinski definition) is 2. The fraction of sp³-hybridized carbons (Fsp3) is 0.480. The molecule has 0 saturated carbocycles. The highest BCUT2D eigenvalue weighted by Crippen LogP contribution is 2.37. The highest BCUT2D eigenvalue weighted by molar-refractivity contribution is 7.17. The molecule has 2 aliphatic heterocycles. The zero-order valence-electron chi connectivity index (χ0n) is 20.9. The summed E-state index contributed by atoms with van der Waals surface area (Å²) in [7, 11) is 0. The number of fused-ring (bicyclic) bond motifs is 1. The Morgan fingerprint density at radius 1 is 1.28 bits per heavy atom. The number of nitrogens with zero attached hydrogens (tertiary/aromatic N) is 7. The van der Waals surface area contributed by atoms with Crippen molar-refractivity contribution in [1.82, 2.24) is 24.8 Å². The maximum atomic E-state index is 11.5. The van der Waals surface area contributed by atoms with E-state index in [-0.39, 0.29) is 4.88 Å². The van der Waals surface area contributed by atoms with Crippen LogP contribution >= 0.6 is 11.3 Å². The predicted molar refractivity (Wildman–Crippen MR) is 142 cm³/mol. The van der Waals surface area contributed by atoms with E-state index in [4.69, 9.17) is 9.97 Å². The predicted octanol–water partition coefficient (Wildman–Crippen LogP) is 3.56. The van der Waals surface area contributed by atoms with Gasteiger partial charge in [0.2, 0.25) is 5.95 Å². The summed E-state index contributed by atoms with van der Waals surface area (Å²) in [5.41, 5.74) is 2.78. The molecule has 0 spiro atoms. The lowest BCUT2D eigenvalue weighted by Gasteiger charge is -2.31. The van der Waals surface area contributed by atoms with Gasteiger partial charge in [-0.05, 0) is 44.9 Å². The first kappa shape index (κ1) is 24.4. The van der Waals surface area contributed by atoms with Crippen molar-refractivity contribution in [3.8, 4) is 0 Å². The smallest absolute Gasteiger partial charge is 0.347 e. The van der Waals surface area contributed by atoms with Crippen molar-refractivity contribution >= 4 is 40.0 Å². The third-order valence-electron chi connectivity index (χ3n) is 6.95. The quantitative estimate of drug-likeness (QED) is 0.445. The average molecular weight is 509 g/mol. The lowest BCUT2D eigenvalue weighted by molar-refractivity contribution is 0.0701. The molecular formula is C25H32N8O2S. The zero-order chi connectivity index (χ0) is 25.2. The molecule has 0 aromatic carbocycles. The molecule has 5 heterocycles. The lowest BCUT2D eigenvalue weighted by Crippen LogP contribution is -2.38. The maximum absolute atomic E-state index is 11.5. The Hall–Kier alpha value is -3.31. The summed E-state index contributed by atoms with van der Waals surface area (Å²) in [4.78, 5) is 37.5. The molecule has 0 amide bonds. The fourth-order valence-electron chi connectivity index (χ4n) is 5.14. The van der Waals surface area contributed by atoms with E-state index in [9.17, 15) is 9.90 Å². The summed E-state index contributed by atoms with van der Waals surface area (Å²) in [5.74, 6) is 1.35. The fourth-order valence-corrected chi connectivity index (χ4v) is 5.94. The van der Waals surface area contributed by atoms with Crippen LogP contribution in [0.5, 0.6) is 0 Å². The number of rotatable bonds is 9. The topological polar surface area (TPSA) is 111 Å². The second kappa shape index (κ2) is 10.4. The number of pyridine rings is 1. The molecule has 1 unspecified atom stereocenters. The molecule has 1 fully saturated rings. The molecule has 3 aromatic heterocycles. The molecule has 2 aliphatic rings. The van der Waals surface area contributed by atoms with Crippen molar-refractivity contribution < 1.29 is 9.90 Å². The molecule has 1 saturated heterocycles. The highest BCUT2D eigenvalue weighted by Gasteiger charge is 2.33. The Morgan fingerprint density at radius 2 is 2.14 bits per heavy atom. The minimum absolute atomic E-state index is 0.220. The molecule has 0 radical (unpaired) electrons. The number of aromatic nitrogens is 4. The highest BCUT2D eigenvalue weighted by atomic mass is 32.1. The van der Waals surface area contributed by atoms with Crippen molar-refractivity contribution in [2.75, 3.05) is 47.8 Å². The van der Waals surface area contributed by atoms with E-state index in [0.29, 0.717) is 22.8 Å². The Bertz CT molecular complexity index is 1230. The number of aryl methyl sites for hydroxylation is 1. The van der Waals surface area contributed by atoms with Crippen LogP contribution in [0.2, 0.25) is 0 Å². The van der Waals surface area contributed by atoms with Gasteiger partial charge in [-0.1, -0.05) is 24.3 Å². The van der Waals surface area contributed by atoms with Gasteiger partial charge in [-0.2, -0.15) is 9.97 Å². The zero-order valence-corrected chi connectivity index (χ0v) is 21.8. The number of aromatic carboxylic acids is 1. The van der Waals surface area contributed by atoms with E-state index in [1.165, 1.54) is 5.56 Å². The van der Waals surface area contributed by atoms with E-state index < -0.39 is 5.97 Å². The largest absolute Gasteiger partial charge is 0.477 e. The van der Waals surface area contributed by atoms with E-state index in [1.54, 1.807) is 13.1 Å². The standard InChI is InChI=1S/C25H32N8O2S/c1-4-31-11-8-18(15-31)33(5-2)22-19-9-12-32(14-17-7-6-10-26-13-17)21(19)28-24(29-22)30-25-27-16(3)20(36-25)23(34)35/h6-7,10,13,18H,4-5,8-9,11-12,14-15H2,1-3H3,(H,34,35)(H,27,28,29,30). The van der Waals surface area contributed by atoms with Gasteiger partial charge >= 0.3 is 5.97 Å². The first-order chi connectivity index (χ1) is 17.5. The third kappa shape index (κ3) is 4.85. The summed E-state index contributed by atoms with van der Waals surface area (Å²) >= 11 is 1.10. The van der Waals surface area contributed by atoms with Crippen LogP contribution in [0.15, 0.2) is 24.5 Å². The van der Waals surface area contributed by atoms with E-state index >= 15 is 0 Å². The molecular weight excluding hydrogens is 476 g/mol. The molecule has 0 bridgehead atoms. The Kier molecular flexibility index (Phi) is 7.01. The molecule has 3 aromatic rings. The number of thiazole rings is 1. The van der Waals surface area contributed by atoms with Crippen LogP contribution in [0.25, 0.3) is 0 Å². The van der Waals surface area contributed by atoms with Crippen molar-refractivity contribution in [3.05, 3.63) is 46.2 Å². The minimum Gasteiger partial charge on any atom is -0.477 e. The van der Waals surface area contributed by atoms with Crippen LogP contribution in [0, 0.1) is 6.92 Å². The normalized spacial score (nSPS) is 17.4. The summed E-state index contributed by atoms with van der Waals surface area (Å²) in [6.45, 7) is 11.7. The second-order valence-electron chi connectivity index (χ2n) is 9.19. The van der Waals surface area contributed by atoms with Crippen molar-refractivity contribution in [1.29, 1.82) is 0 Å². The number of carbonyl (C=O) groups is 1. The molecule has 2 N–H and O–H groups in total. The van der Waals surface area contributed by atoms with Crippen molar-refractivity contribution in [3.63, 3.8) is 0 Å². The second-order valence-corrected chi connectivity index (χ2v) is 10.2. The number of likely N-dealkylation sites (tertiary alicyclic amines) is 1. The van der Waals surface area contributed by atoms with Gasteiger partial charge < -0.3 is 19.8 Å². The van der Waals surface area contributed by atoms with Crippen LogP contribution < -0.4 is 15.1 Å². The van der Waals surface area contributed by atoms with Crippen LogP contribution in [0.3, 0.4) is 0 Å². The summed E-state index contributed by atoms with van der Waals surface area (Å²) in [6, 6.07) is 4.43. The first-order valence-electron chi connectivity index (χ1n) is 12.5. The molecule has 11 heteroatoms. The minimum atomic E-state index is -0.977. The molecule has 10 nitrogen and oxygen atoms in total. The van der Waals surface area contributed by atoms with Crippen molar-refractivity contribution in [2.45, 2.75) is 46.2 Å². The summed E-state index contributed by atoms with van der Waals surface area (Å²) in [5, 5.41) is 13.1. The third-order valence-corrected chi connectivity index (χ3v) is 8.01. The van der Waals surface area contributed by atoms with Gasteiger partial charge in [0.25, 0.3) is 0 Å². The lowest BCUT2D eigenvalue weighted by atomic mass is 10.1. The van der Waals surface area contributed by atoms with Gasteiger partial charge in [-0.3, -0.25) is 10.3 Å². The van der Waals surface area contributed by atoms with E-state index in [1.807, 2.05) is 12.3 Å². The number of hydrogen-bond acceptors (Lipinski definition) is 10. The number of anilines is 4. The van der Waals surface area contributed by atoms with E-state index in [2.05, 4.69) is 49.9 Å². The Morgan fingerprint density at radius 3 is 2.81 bits per heavy atom. The monoisotopic (exact) mass is 508 g/mol. The van der Waals surface area contributed by atoms with Crippen LogP contribution in [0.4, 0.5) is 22.7 Å². The summed E-state index contributed by atoms with van der Waals surface area (Å²) in [6.07, 6.45) is 5.66. The molecule has 0 aliphatic carbocycles. The average Bonchev–Trinajstić information content (AvgIpc) is 3.60. The molecule has 190 valence electrons. The van der Waals surface area contributed by atoms with Gasteiger partial charge in [0.05, 0.1) is 5.69 Å². The SMILES string of the molecule is CCN1CCC(N(CC)c2nc(Nc3nc(C)c(C(=O)O)s3)nc3c2CCN3Cc2cccnc2)C1. The van der Waals surface area contributed by atoms with Gasteiger partial charge in [-0.25, -0.2) is 9.78 Å². The number of carboxylic acid groups (broad SMARTS) is 1. The van der Waals surface area contributed by atoms with Gasteiger partial charge in [0.1, 0.15) is 16.5 Å². The first-order valence-corrected chi connectivity index (χ1v) is 13.3. The van der Waals surface area contributed by atoms with E-state index in [0.717, 1.165) is 80.6 Å². The van der Waals surface area contributed by atoms with Crippen molar-refractivity contribution in [2.24, 2.45) is 0 Å². The number of likely N-dealkylation sites (N-methyl/N-ethyl adjacent to an activating group) is 2. The van der Waals surface area contributed by atoms with Gasteiger partial charge in [-0.15, -0.1) is 0 Å². The van der Waals surface area contributed by atoms with Crippen LogP contribution in [-0.4, -0.2) is 74.7 Å². The number of carboxylic acids is 1. The maximum Gasteiger partial charge on any atom is 0.347 e. The Balaban J connectivity index is 1.52. The number of nitrogens with one attached hydrogen (secondary N) is 1. The molecule has 36 heavy (non-hydrogen) atoms.